The van der Waals surface area contributed by atoms with Crippen LogP contribution in [-0.2, 0) is 17.4 Å². The molecule has 0 rings (SSSR count). The van der Waals surface area contributed by atoms with E-state index < -0.39 is 41.9 Å². The molecule has 0 bridgehead atoms. The van der Waals surface area contributed by atoms with Crippen molar-refractivity contribution in [3.63, 3.8) is 0 Å². The van der Waals surface area contributed by atoms with Crippen molar-refractivity contribution in [2.45, 2.75) is 129 Å². The van der Waals surface area contributed by atoms with Gasteiger partial charge in [-0.25, -0.2) is 0 Å². The molecule has 0 spiro atoms. The minimum atomic E-state index is -2.54. The van der Waals surface area contributed by atoms with Crippen molar-refractivity contribution < 1.29 is 17.4 Å². The van der Waals surface area contributed by atoms with Gasteiger partial charge in [-0.1, -0.05) is 41.5 Å². The molecule has 5 nitrogen and oxygen atoms in total. The van der Waals surface area contributed by atoms with Crippen LogP contribution in [0.5, 0.6) is 0 Å². The third kappa shape index (κ3) is 9.32. The average Bonchev–Trinajstić information content (AvgIpc) is 2.82. The topological polar surface area (TPSA) is 40.2 Å². The highest BCUT2D eigenvalue weighted by Crippen LogP contribution is 2.37. The minimum absolute atomic E-state index is 0.837. The highest BCUT2D eigenvalue weighted by atomic mass is 28.4. The first-order valence-electron chi connectivity index (χ1n) is 13.9. The Bertz CT molecular complexity index is 509. The van der Waals surface area contributed by atoms with Crippen molar-refractivity contribution in [3.05, 3.63) is 0 Å². The van der Waals surface area contributed by atoms with Gasteiger partial charge in [0, 0.05) is 27.4 Å². The fourth-order valence-electron chi connectivity index (χ4n) is 6.15. The Hall–Kier alpha value is 0.884. The van der Waals surface area contributed by atoms with Crippen molar-refractivity contribution in [3.8, 4) is 0 Å². The van der Waals surface area contributed by atoms with Crippen LogP contribution in [0.15, 0.2) is 0 Å². The number of hydrogen-bond donors (Lipinski definition) is 0. The highest BCUT2D eigenvalue weighted by Gasteiger charge is 2.46. The van der Waals surface area contributed by atoms with Gasteiger partial charge in [0.25, 0.3) is 0 Å². The summed E-state index contributed by atoms with van der Waals surface area (Å²) in [6, 6.07) is 11.5. The molecule has 0 radical (unpaired) electrons. The zero-order chi connectivity index (χ0) is 26.7. The molecule has 0 heterocycles. The first kappa shape index (κ1) is 34.9. The molecule has 0 amide bonds. The number of hydrogen-bond acceptors (Lipinski definition) is 5. The van der Waals surface area contributed by atoms with Gasteiger partial charge < -0.3 is 21.6 Å². The fourth-order valence-corrected chi connectivity index (χ4v) is 32.1. The van der Waals surface area contributed by atoms with Crippen molar-refractivity contribution in [2.24, 2.45) is 0 Å². The predicted molar refractivity (Wildman–Crippen MR) is 163 cm³/mol. The maximum absolute atomic E-state index is 7.00. The third-order valence-electron chi connectivity index (χ3n) is 8.77. The molecule has 0 unspecified atom stereocenters. The predicted octanol–water partition coefficient (Wildman–Crippen LogP) is 7.99. The minimum Gasteiger partial charge on any atom is -0.456 e. The van der Waals surface area contributed by atoms with Crippen LogP contribution >= 0.6 is 0 Å². The molecule has 0 N–H and O–H groups in total. The Morgan fingerprint density at radius 2 is 0.882 bits per heavy atom. The van der Waals surface area contributed by atoms with E-state index in [9.17, 15) is 0 Å². The largest absolute Gasteiger partial charge is 0.499 e. The summed E-state index contributed by atoms with van der Waals surface area (Å²) in [5.74, 6) is 0. The van der Waals surface area contributed by atoms with Gasteiger partial charge in [0.15, 0.2) is 16.6 Å². The third-order valence-corrected chi connectivity index (χ3v) is 32.9. The van der Waals surface area contributed by atoms with E-state index >= 15 is 0 Å². The zero-order valence-corrected chi connectivity index (χ0v) is 30.4. The second-order valence-corrected chi connectivity index (χ2v) is 33.9. The molecule has 206 valence electrons. The van der Waals surface area contributed by atoms with E-state index in [1.807, 2.05) is 0 Å². The summed E-state index contributed by atoms with van der Waals surface area (Å²) in [6.45, 7) is 25.8. The SMILES string of the molecule is CC[Si](CC)(CC)N(CCC[Si](C)(C)O[Si](C)(C)CC[Si](OC)(OC)OC)[Si](CC)(CC)CC. The van der Waals surface area contributed by atoms with Crippen LogP contribution in [-0.4, -0.2) is 74.0 Å². The summed E-state index contributed by atoms with van der Waals surface area (Å²) in [4.78, 5) is 0. The molecule has 0 aromatic heterocycles. The van der Waals surface area contributed by atoms with E-state index in [0.29, 0.717) is 0 Å². The van der Waals surface area contributed by atoms with Crippen LogP contribution in [0.25, 0.3) is 0 Å². The van der Waals surface area contributed by atoms with E-state index in [1.165, 1.54) is 55.3 Å². The van der Waals surface area contributed by atoms with Gasteiger partial charge in [-0.3, -0.25) is 0 Å². The molecular formula is C24H61NO4Si5. The Labute approximate surface area is 219 Å². The Morgan fingerprint density at radius 1 is 0.529 bits per heavy atom. The first-order chi connectivity index (χ1) is 15.8. The van der Waals surface area contributed by atoms with Crippen molar-refractivity contribution in [2.75, 3.05) is 27.9 Å². The van der Waals surface area contributed by atoms with E-state index in [1.54, 1.807) is 21.3 Å². The summed E-state index contributed by atoms with van der Waals surface area (Å²) >= 11 is 0. The van der Waals surface area contributed by atoms with Gasteiger partial charge in [0.05, 0.1) is 0 Å². The van der Waals surface area contributed by atoms with Crippen LogP contribution in [0.2, 0.25) is 80.6 Å². The smallest absolute Gasteiger partial charge is 0.456 e. The molecular weight excluding hydrogens is 507 g/mol. The van der Waals surface area contributed by atoms with Gasteiger partial charge in [0.2, 0.25) is 0 Å². The molecule has 34 heavy (non-hydrogen) atoms. The Kier molecular flexibility index (Phi) is 15.7. The molecule has 0 aromatic rings. The normalized spacial score (nSPS) is 14.3. The number of nitrogens with zero attached hydrogens (tertiary/aromatic N) is 1. The molecule has 0 saturated carbocycles. The second-order valence-electron chi connectivity index (χ2n) is 11.2. The quantitative estimate of drug-likeness (QED) is 0.139. The van der Waals surface area contributed by atoms with Gasteiger partial charge in [-0.2, -0.15) is 0 Å². The maximum atomic E-state index is 7.00. The summed E-state index contributed by atoms with van der Waals surface area (Å²) in [6.07, 6.45) is 1.29. The Morgan fingerprint density at radius 3 is 1.21 bits per heavy atom. The van der Waals surface area contributed by atoms with Gasteiger partial charge >= 0.3 is 8.80 Å². The standard InChI is InChI=1S/C24H61NO4Si5/c1-14-32(15-2,16-3)25(33(17-4,18-5)19-6)21-20-22-30(10,11)29-31(12,13)23-24-34(26-7,27-8)28-9/h14-24H2,1-13H3. The summed E-state index contributed by atoms with van der Waals surface area (Å²) in [5, 5.41) is 0. The molecule has 10 heteroatoms. The molecule has 0 aromatic carbocycles. The molecule has 0 aliphatic carbocycles. The maximum Gasteiger partial charge on any atom is 0.499 e. The summed E-state index contributed by atoms with van der Waals surface area (Å²) < 4.78 is 27.2. The van der Waals surface area contributed by atoms with Crippen molar-refractivity contribution in [1.29, 1.82) is 0 Å². The monoisotopic (exact) mass is 567 g/mol. The highest BCUT2D eigenvalue weighted by molar-refractivity contribution is 6.92. The molecule has 0 fully saturated rings. The lowest BCUT2D eigenvalue weighted by molar-refractivity contribution is 0.125. The summed E-state index contributed by atoms with van der Waals surface area (Å²) in [7, 11) is -3.79. The van der Waals surface area contributed by atoms with Crippen molar-refractivity contribution >= 4 is 41.9 Å². The van der Waals surface area contributed by atoms with Gasteiger partial charge in [-0.05, 0) is 87.5 Å². The fraction of sp³-hybridized carbons (Fsp3) is 1.00. The average molecular weight is 568 g/mol. The van der Waals surface area contributed by atoms with Crippen LogP contribution < -0.4 is 0 Å². The zero-order valence-electron chi connectivity index (χ0n) is 25.4. The first-order valence-corrected chi connectivity index (χ1v) is 27.2. The lowest BCUT2D eigenvalue weighted by Gasteiger charge is -2.52. The van der Waals surface area contributed by atoms with E-state index in [4.69, 9.17) is 17.4 Å². The van der Waals surface area contributed by atoms with Crippen LogP contribution in [0, 0.1) is 0 Å². The molecule has 0 atom stereocenters. The van der Waals surface area contributed by atoms with E-state index in [0.717, 1.165) is 12.1 Å². The lowest BCUT2D eigenvalue weighted by Crippen LogP contribution is -2.66. The van der Waals surface area contributed by atoms with Crippen LogP contribution in [0.3, 0.4) is 0 Å². The van der Waals surface area contributed by atoms with Crippen LogP contribution in [0.4, 0.5) is 0 Å². The molecule has 0 aliphatic heterocycles. The Balaban J connectivity index is 5.43. The van der Waals surface area contributed by atoms with Gasteiger partial charge in [0.1, 0.15) is 16.5 Å². The molecule has 0 saturated heterocycles. The summed E-state index contributed by atoms with van der Waals surface area (Å²) in [5.41, 5.74) is 0. The van der Waals surface area contributed by atoms with E-state index in [-0.39, 0.29) is 0 Å². The second kappa shape index (κ2) is 15.3. The van der Waals surface area contributed by atoms with Gasteiger partial charge in [-0.15, -0.1) is 0 Å². The van der Waals surface area contributed by atoms with E-state index in [2.05, 4.69) is 72.0 Å². The number of rotatable bonds is 20. The lowest BCUT2D eigenvalue weighted by atomic mass is 10.5. The van der Waals surface area contributed by atoms with Crippen molar-refractivity contribution in [1.82, 2.24) is 4.23 Å². The van der Waals surface area contributed by atoms with Crippen LogP contribution in [0.1, 0.15) is 48.0 Å². The molecule has 0 aliphatic rings.